The molecule has 3 aromatic rings. The third-order valence-electron chi connectivity index (χ3n) is 7.17. The van der Waals surface area contributed by atoms with Gasteiger partial charge in [0.1, 0.15) is 22.9 Å². The lowest BCUT2D eigenvalue weighted by Gasteiger charge is -2.31. The molecule has 0 atom stereocenters. The van der Waals surface area contributed by atoms with Gasteiger partial charge in [-0.15, -0.1) is 0 Å². The Bertz CT molecular complexity index is 1610. The maximum Gasteiger partial charge on any atom is 0.417 e. The van der Waals surface area contributed by atoms with E-state index < -0.39 is 23.4 Å². The number of fused-ring (bicyclic) bond motifs is 1. The topological polar surface area (TPSA) is 120 Å². The summed E-state index contributed by atoms with van der Waals surface area (Å²) in [5.41, 5.74) is 3.05. The van der Waals surface area contributed by atoms with Crippen LogP contribution in [-0.2, 0) is 35.6 Å². The Balaban J connectivity index is 1.39. The van der Waals surface area contributed by atoms with Crippen LogP contribution < -0.4 is 20.1 Å². The maximum absolute atomic E-state index is 14.4. The first kappa shape index (κ1) is 30.9. The van der Waals surface area contributed by atoms with Gasteiger partial charge in [-0.05, 0) is 51.8 Å². The number of hydrogen-bond acceptors (Lipinski definition) is 9. The van der Waals surface area contributed by atoms with Crippen LogP contribution in [0.25, 0.3) is 0 Å². The zero-order chi connectivity index (χ0) is 31.4. The Morgan fingerprint density at radius 1 is 1.14 bits per heavy atom. The van der Waals surface area contributed by atoms with E-state index in [0.717, 1.165) is 35.4 Å². The number of methoxy groups -OCH3 is 1. The highest BCUT2D eigenvalue weighted by atomic mass is 32.1. The Kier molecular flexibility index (Phi) is 9.14. The SMILES string of the molecule is COc1c(F)cccc1NC(=S)C1=C(NCc2ccncc2OCc2cnn3c2CCC3)CCN(C(=O)OC(C)(C)C)C1=O. The zero-order valence-corrected chi connectivity index (χ0v) is 25.9. The first-order chi connectivity index (χ1) is 21.1. The molecule has 2 aliphatic heterocycles. The number of thiocarbonyl (C=S) groups is 1. The highest BCUT2D eigenvalue weighted by molar-refractivity contribution is 7.81. The van der Waals surface area contributed by atoms with E-state index in [4.69, 9.17) is 26.4 Å². The number of carbonyl (C=O) groups is 2. The minimum absolute atomic E-state index is 0.00377. The van der Waals surface area contributed by atoms with Crippen molar-refractivity contribution in [3.63, 3.8) is 0 Å². The average molecular weight is 623 g/mol. The molecule has 2 amide bonds. The van der Waals surface area contributed by atoms with Gasteiger partial charge in [0.2, 0.25) is 0 Å². The van der Waals surface area contributed by atoms with Crippen LogP contribution in [0.5, 0.6) is 11.5 Å². The number of hydrogen-bond donors (Lipinski definition) is 2. The number of aryl methyl sites for hydroxylation is 1. The standard InChI is InChI=1S/C31H35FN6O5S/c1-31(2,3)43-30(40)37-14-11-22(26(29(37)39)28(44)36-23-8-5-7-21(32)27(23)41-4)34-15-19-10-12-33-17-25(19)42-18-20-16-35-38-13-6-9-24(20)38/h5,7-8,10,12,16-17,34H,6,9,11,13-15,18H2,1-4H3,(H,36,44). The summed E-state index contributed by atoms with van der Waals surface area (Å²) in [7, 11) is 1.34. The summed E-state index contributed by atoms with van der Waals surface area (Å²) >= 11 is 5.66. The lowest BCUT2D eigenvalue weighted by molar-refractivity contribution is -0.126. The molecule has 0 saturated carbocycles. The molecule has 0 spiro atoms. The number of imide groups is 1. The second-order valence-electron chi connectivity index (χ2n) is 11.4. The number of nitrogens with one attached hydrogen (secondary N) is 2. The van der Waals surface area contributed by atoms with Gasteiger partial charge in [0.05, 0.1) is 30.8 Å². The first-order valence-electron chi connectivity index (χ1n) is 14.3. The molecule has 232 valence electrons. The summed E-state index contributed by atoms with van der Waals surface area (Å²) in [6.45, 7) is 6.81. The molecule has 2 aliphatic rings. The molecule has 0 aliphatic carbocycles. The highest BCUT2D eigenvalue weighted by Gasteiger charge is 2.36. The molecule has 5 rings (SSSR count). The van der Waals surface area contributed by atoms with Crippen LogP contribution in [-0.4, -0.2) is 55.9 Å². The van der Waals surface area contributed by atoms with Crippen molar-refractivity contribution in [1.29, 1.82) is 0 Å². The summed E-state index contributed by atoms with van der Waals surface area (Å²) in [6, 6.07) is 6.16. The van der Waals surface area contributed by atoms with E-state index in [1.807, 2.05) is 16.9 Å². The molecule has 0 fully saturated rings. The molecule has 44 heavy (non-hydrogen) atoms. The van der Waals surface area contributed by atoms with E-state index >= 15 is 0 Å². The van der Waals surface area contributed by atoms with E-state index in [2.05, 4.69) is 20.7 Å². The molecular weight excluding hydrogens is 587 g/mol. The first-order valence-corrected chi connectivity index (χ1v) is 14.7. The van der Waals surface area contributed by atoms with Gasteiger partial charge in [0, 0.05) is 54.8 Å². The average Bonchev–Trinajstić information content (AvgIpc) is 3.59. The molecule has 0 radical (unpaired) electrons. The summed E-state index contributed by atoms with van der Waals surface area (Å²) < 4.78 is 33.2. The summed E-state index contributed by atoms with van der Waals surface area (Å²) in [5, 5.41) is 10.7. The number of para-hydroxylation sites is 1. The number of pyridine rings is 1. The van der Waals surface area contributed by atoms with Crippen molar-refractivity contribution in [3.05, 3.63) is 76.8 Å². The number of rotatable bonds is 9. The van der Waals surface area contributed by atoms with E-state index in [1.54, 1.807) is 39.2 Å². The molecule has 2 aromatic heterocycles. The quantitative estimate of drug-likeness (QED) is 0.319. The van der Waals surface area contributed by atoms with Gasteiger partial charge in [0.25, 0.3) is 5.91 Å². The zero-order valence-electron chi connectivity index (χ0n) is 25.1. The molecule has 0 bridgehead atoms. The van der Waals surface area contributed by atoms with Crippen molar-refractivity contribution in [2.75, 3.05) is 19.0 Å². The third-order valence-corrected chi connectivity index (χ3v) is 7.48. The molecule has 13 heteroatoms. The minimum atomic E-state index is -0.803. The van der Waals surface area contributed by atoms with E-state index in [1.165, 1.54) is 24.9 Å². The van der Waals surface area contributed by atoms with Gasteiger partial charge in [-0.3, -0.25) is 14.5 Å². The number of carbonyl (C=O) groups excluding carboxylic acids is 2. The van der Waals surface area contributed by atoms with Crippen LogP contribution in [0.1, 0.15) is 50.4 Å². The highest BCUT2D eigenvalue weighted by Crippen LogP contribution is 2.30. The normalized spacial score (nSPS) is 14.8. The number of halogens is 1. The van der Waals surface area contributed by atoms with Crippen LogP contribution >= 0.6 is 12.2 Å². The fourth-order valence-electron chi connectivity index (χ4n) is 5.11. The molecular formula is C31H35FN6O5S. The van der Waals surface area contributed by atoms with Gasteiger partial charge < -0.3 is 24.8 Å². The molecule has 2 N–H and O–H groups in total. The van der Waals surface area contributed by atoms with Crippen molar-refractivity contribution in [1.82, 2.24) is 25.0 Å². The van der Waals surface area contributed by atoms with Crippen LogP contribution in [0.4, 0.5) is 14.9 Å². The lowest BCUT2D eigenvalue weighted by atomic mass is 10.0. The summed E-state index contributed by atoms with van der Waals surface area (Å²) in [5.74, 6) is -0.700. The predicted molar refractivity (Wildman–Crippen MR) is 165 cm³/mol. The molecule has 0 saturated heterocycles. The monoisotopic (exact) mass is 622 g/mol. The van der Waals surface area contributed by atoms with Crippen molar-refractivity contribution >= 4 is 34.9 Å². The number of amides is 2. The van der Waals surface area contributed by atoms with Crippen molar-refractivity contribution in [2.24, 2.45) is 0 Å². The second-order valence-corrected chi connectivity index (χ2v) is 11.8. The number of nitrogens with zero attached hydrogens (tertiary/aromatic N) is 4. The van der Waals surface area contributed by atoms with Gasteiger partial charge in [-0.1, -0.05) is 18.3 Å². The van der Waals surface area contributed by atoms with Crippen LogP contribution in [0.2, 0.25) is 0 Å². The predicted octanol–water partition coefficient (Wildman–Crippen LogP) is 4.90. The molecule has 4 heterocycles. The van der Waals surface area contributed by atoms with Gasteiger partial charge in [-0.25, -0.2) is 14.1 Å². The Labute approximate surface area is 260 Å². The molecule has 0 unspecified atom stereocenters. The lowest BCUT2D eigenvalue weighted by Crippen LogP contribution is -2.47. The van der Waals surface area contributed by atoms with Crippen molar-refractivity contribution in [2.45, 2.75) is 65.3 Å². The van der Waals surface area contributed by atoms with Gasteiger partial charge in [0.15, 0.2) is 11.6 Å². The Morgan fingerprint density at radius 3 is 2.73 bits per heavy atom. The smallest absolute Gasteiger partial charge is 0.417 e. The van der Waals surface area contributed by atoms with Crippen molar-refractivity contribution < 1.29 is 28.2 Å². The minimum Gasteiger partial charge on any atom is -0.492 e. The van der Waals surface area contributed by atoms with E-state index in [0.29, 0.717) is 18.1 Å². The van der Waals surface area contributed by atoms with Crippen molar-refractivity contribution in [3.8, 4) is 11.5 Å². The second kappa shape index (κ2) is 13.0. The maximum atomic E-state index is 14.4. The molecule has 11 nitrogen and oxygen atoms in total. The Hall–Kier alpha value is -4.52. The van der Waals surface area contributed by atoms with E-state index in [-0.39, 0.29) is 41.5 Å². The number of ether oxygens (including phenoxy) is 3. The fourth-order valence-corrected chi connectivity index (χ4v) is 5.43. The van der Waals surface area contributed by atoms with Crippen LogP contribution in [0.15, 0.2) is 54.1 Å². The summed E-state index contributed by atoms with van der Waals surface area (Å²) in [6.07, 6.45) is 6.70. The van der Waals surface area contributed by atoms with Crippen LogP contribution in [0, 0.1) is 5.82 Å². The van der Waals surface area contributed by atoms with Gasteiger partial charge >= 0.3 is 6.09 Å². The van der Waals surface area contributed by atoms with E-state index in [9.17, 15) is 14.0 Å². The number of anilines is 1. The van der Waals surface area contributed by atoms with Gasteiger partial charge in [-0.2, -0.15) is 5.10 Å². The third kappa shape index (κ3) is 6.83. The Morgan fingerprint density at radius 2 is 1.95 bits per heavy atom. The fraction of sp³-hybridized carbons (Fsp3) is 0.387. The number of benzene rings is 1. The largest absolute Gasteiger partial charge is 0.492 e. The van der Waals surface area contributed by atoms with Crippen LogP contribution in [0.3, 0.4) is 0 Å². The molecule has 1 aromatic carbocycles. The number of aromatic nitrogens is 3. The summed E-state index contributed by atoms with van der Waals surface area (Å²) in [4.78, 5) is 32.0.